The van der Waals surface area contributed by atoms with E-state index in [4.69, 9.17) is 0 Å². The third-order valence-electron chi connectivity index (χ3n) is 3.61. The molecule has 2 N–H and O–H groups in total. The minimum absolute atomic E-state index is 0.223. The van der Waals surface area contributed by atoms with Gasteiger partial charge < -0.3 is 5.32 Å². The molecule has 0 bridgehead atoms. The lowest BCUT2D eigenvalue weighted by molar-refractivity contribution is 0.0941. The fourth-order valence-electron chi connectivity index (χ4n) is 2.24. The minimum Gasteiger partial charge on any atom is -0.345 e. The van der Waals surface area contributed by atoms with Crippen LogP contribution < -0.4 is 5.32 Å². The summed E-state index contributed by atoms with van der Waals surface area (Å²) in [5.41, 5.74) is 2.39. The van der Waals surface area contributed by atoms with E-state index in [2.05, 4.69) is 33.5 Å². The number of H-pyrrole nitrogens is 1. The molecule has 5 nitrogen and oxygen atoms in total. The van der Waals surface area contributed by atoms with E-state index in [0.717, 1.165) is 30.7 Å². The number of benzene rings is 1. The number of nitrogens with one attached hydrogen (secondary N) is 2. The van der Waals surface area contributed by atoms with Gasteiger partial charge in [0.25, 0.3) is 5.91 Å². The van der Waals surface area contributed by atoms with Gasteiger partial charge in [0.2, 0.25) is 5.82 Å². The molecule has 104 valence electrons. The van der Waals surface area contributed by atoms with Crippen LogP contribution in [0.15, 0.2) is 24.3 Å². The topological polar surface area (TPSA) is 70.7 Å². The smallest absolute Gasteiger partial charge is 0.291 e. The fraction of sp³-hybridized carbons (Fsp3) is 0.400. The van der Waals surface area contributed by atoms with Gasteiger partial charge in [0.1, 0.15) is 5.82 Å². The first kappa shape index (κ1) is 12.8. The normalized spacial score (nSPS) is 14.2. The first-order valence-corrected chi connectivity index (χ1v) is 7.05. The summed E-state index contributed by atoms with van der Waals surface area (Å²) in [7, 11) is 0. The minimum atomic E-state index is -0.223. The van der Waals surface area contributed by atoms with Crippen molar-refractivity contribution < 1.29 is 4.79 Å². The Balaban J connectivity index is 1.63. The van der Waals surface area contributed by atoms with Crippen molar-refractivity contribution in [2.75, 3.05) is 0 Å². The third kappa shape index (κ3) is 2.71. The largest absolute Gasteiger partial charge is 0.345 e. The number of carbonyl (C=O) groups is 1. The van der Waals surface area contributed by atoms with Crippen LogP contribution in [0.2, 0.25) is 0 Å². The molecule has 1 aliphatic rings. The molecule has 1 fully saturated rings. The van der Waals surface area contributed by atoms with Crippen LogP contribution in [0, 0.1) is 0 Å². The number of rotatable bonds is 5. The van der Waals surface area contributed by atoms with Crippen LogP contribution in [0.5, 0.6) is 0 Å². The van der Waals surface area contributed by atoms with Crippen molar-refractivity contribution >= 4 is 5.91 Å². The highest BCUT2D eigenvalue weighted by Gasteiger charge is 2.28. The Bertz CT molecular complexity index is 616. The molecule has 0 saturated heterocycles. The van der Waals surface area contributed by atoms with Crippen LogP contribution in [0.3, 0.4) is 0 Å². The second-order valence-corrected chi connectivity index (χ2v) is 5.12. The molecule has 5 heteroatoms. The molecule has 1 aromatic heterocycles. The molecule has 0 radical (unpaired) electrons. The number of nitrogens with zero attached hydrogens (tertiary/aromatic N) is 2. The van der Waals surface area contributed by atoms with Crippen LogP contribution in [0.25, 0.3) is 0 Å². The van der Waals surface area contributed by atoms with E-state index >= 15 is 0 Å². The number of hydrogen-bond acceptors (Lipinski definition) is 3. The summed E-state index contributed by atoms with van der Waals surface area (Å²) in [5, 5.41) is 9.71. The van der Waals surface area contributed by atoms with E-state index in [1.165, 1.54) is 5.56 Å². The summed E-state index contributed by atoms with van der Waals surface area (Å²) in [4.78, 5) is 16.3. The zero-order valence-electron chi connectivity index (χ0n) is 11.5. The van der Waals surface area contributed by atoms with Gasteiger partial charge in [0.15, 0.2) is 0 Å². The van der Waals surface area contributed by atoms with Gasteiger partial charge in [-0.3, -0.25) is 9.89 Å². The predicted octanol–water partition coefficient (Wildman–Crippen LogP) is 2.17. The van der Waals surface area contributed by atoms with Crippen LogP contribution >= 0.6 is 0 Å². The molecule has 2 aromatic rings. The van der Waals surface area contributed by atoms with Gasteiger partial charge in [0, 0.05) is 12.5 Å². The highest BCUT2D eigenvalue weighted by Crippen LogP contribution is 2.37. The first-order chi connectivity index (χ1) is 9.78. The Labute approximate surface area is 117 Å². The summed E-state index contributed by atoms with van der Waals surface area (Å²) >= 11 is 0. The summed E-state index contributed by atoms with van der Waals surface area (Å²) in [6.45, 7) is 2.62. The van der Waals surface area contributed by atoms with Crippen LogP contribution in [-0.4, -0.2) is 21.1 Å². The van der Waals surface area contributed by atoms with Crippen LogP contribution in [0.4, 0.5) is 0 Å². The molecule has 0 spiro atoms. The maximum atomic E-state index is 12.0. The SMILES string of the molecule is CCc1ccccc1CNC(=O)c1n[nH]c(C2CC2)n1. The van der Waals surface area contributed by atoms with E-state index in [1.54, 1.807) is 0 Å². The number of amides is 1. The number of aromatic nitrogens is 3. The number of carbonyl (C=O) groups excluding carboxylic acids is 1. The maximum absolute atomic E-state index is 12.0. The molecule has 1 aliphatic carbocycles. The first-order valence-electron chi connectivity index (χ1n) is 7.05. The Hall–Kier alpha value is -2.17. The molecular formula is C15H18N4O. The lowest BCUT2D eigenvalue weighted by Crippen LogP contribution is -2.24. The van der Waals surface area contributed by atoms with Crippen molar-refractivity contribution in [1.29, 1.82) is 0 Å². The van der Waals surface area contributed by atoms with Gasteiger partial charge in [-0.2, -0.15) is 0 Å². The van der Waals surface area contributed by atoms with Crippen molar-refractivity contribution in [3.8, 4) is 0 Å². The molecule has 1 amide bonds. The van der Waals surface area contributed by atoms with Gasteiger partial charge >= 0.3 is 0 Å². The average Bonchev–Trinajstić information content (AvgIpc) is 3.22. The monoisotopic (exact) mass is 270 g/mol. The predicted molar refractivity (Wildman–Crippen MR) is 75.3 cm³/mol. The summed E-state index contributed by atoms with van der Waals surface area (Å²) in [5.74, 6) is 1.33. The lowest BCUT2D eigenvalue weighted by atomic mass is 10.1. The van der Waals surface area contributed by atoms with Crippen molar-refractivity contribution in [3.05, 3.63) is 47.0 Å². The molecule has 0 unspecified atom stereocenters. The summed E-state index contributed by atoms with van der Waals surface area (Å²) in [6, 6.07) is 8.12. The van der Waals surface area contributed by atoms with Gasteiger partial charge in [-0.1, -0.05) is 31.2 Å². The van der Waals surface area contributed by atoms with E-state index < -0.39 is 0 Å². The van der Waals surface area contributed by atoms with E-state index in [9.17, 15) is 4.79 Å². The van der Waals surface area contributed by atoms with Gasteiger partial charge in [-0.15, -0.1) is 5.10 Å². The quantitative estimate of drug-likeness (QED) is 0.874. The lowest BCUT2D eigenvalue weighted by Gasteiger charge is -2.07. The zero-order valence-corrected chi connectivity index (χ0v) is 11.5. The molecule has 1 saturated carbocycles. The number of aryl methyl sites for hydroxylation is 1. The Kier molecular flexibility index (Phi) is 3.50. The Morgan fingerprint density at radius 3 is 2.80 bits per heavy atom. The van der Waals surface area contributed by atoms with E-state index in [-0.39, 0.29) is 11.7 Å². The van der Waals surface area contributed by atoms with E-state index in [0.29, 0.717) is 12.5 Å². The van der Waals surface area contributed by atoms with Gasteiger partial charge in [-0.05, 0) is 30.4 Å². The van der Waals surface area contributed by atoms with Crippen LogP contribution in [0.1, 0.15) is 53.3 Å². The average molecular weight is 270 g/mol. The molecule has 20 heavy (non-hydrogen) atoms. The highest BCUT2D eigenvalue weighted by molar-refractivity contribution is 5.90. The van der Waals surface area contributed by atoms with Crippen molar-refractivity contribution in [2.45, 2.75) is 38.6 Å². The van der Waals surface area contributed by atoms with E-state index in [1.807, 2.05) is 18.2 Å². The molecule has 1 heterocycles. The molecule has 0 atom stereocenters. The Morgan fingerprint density at radius 1 is 1.35 bits per heavy atom. The summed E-state index contributed by atoms with van der Waals surface area (Å²) in [6.07, 6.45) is 3.23. The third-order valence-corrected chi connectivity index (χ3v) is 3.61. The summed E-state index contributed by atoms with van der Waals surface area (Å²) < 4.78 is 0. The van der Waals surface area contributed by atoms with Gasteiger partial charge in [0.05, 0.1) is 0 Å². The second kappa shape index (κ2) is 5.45. The second-order valence-electron chi connectivity index (χ2n) is 5.12. The number of hydrogen-bond donors (Lipinski definition) is 2. The zero-order chi connectivity index (χ0) is 13.9. The Morgan fingerprint density at radius 2 is 2.10 bits per heavy atom. The molecular weight excluding hydrogens is 252 g/mol. The highest BCUT2D eigenvalue weighted by atomic mass is 16.2. The number of aromatic amines is 1. The standard InChI is InChI=1S/C15H18N4O/c1-2-10-5-3-4-6-12(10)9-16-15(20)14-17-13(18-19-14)11-7-8-11/h3-6,11H,2,7-9H2,1H3,(H,16,20)(H,17,18,19). The van der Waals surface area contributed by atoms with Gasteiger partial charge in [-0.25, -0.2) is 4.98 Å². The maximum Gasteiger partial charge on any atom is 0.291 e. The van der Waals surface area contributed by atoms with Crippen molar-refractivity contribution in [3.63, 3.8) is 0 Å². The fourth-order valence-corrected chi connectivity index (χ4v) is 2.24. The van der Waals surface area contributed by atoms with Crippen molar-refractivity contribution in [2.24, 2.45) is 0 Å². The molecule has 0 aliphatic heterocycles. The van der Waals surface area contributed by atoms with Crippen molar-refractivity contribution in [1.82, 2.24) is 20.5 Å². The molecule has 1 aromatic carbocycles. The molecule has 3 rings (SSSR count). The van der Waals surface area contributed by atoms with Crippen LogP contribution in [-0.2, 0) is 13.0 Å².